The third kappa shape index (κ3) is 33.4. The van der Waals surface area contributed by atoms with Gasteiger partial charge in [-0.15, -0.1) is 0 Å². The molecule has 0 bridgehead atoms. The zero-order valence-electron chi connectivity index (χ0n) is 85.8. The number of urea groups is 1. The molecule has 0 aliphatic carbocycles. The Hall–Kier alpha value is -7.74. The van der Waals surface area contributed by atoms with Crippen molar-refractivity contribution in [2.75, 3.05) is 147 Å². The van der Waals surface area contributed by atoms with E-state index in [4.69, 9.17) is 82.2 Å². The Labute approximate surface area is 880 Å². The Morgan fingerprint density at radius 2 is 0.797 bits per heavy atom. The predicted molar refractivity (Wildman–Crippen MR) is 504 cm³/mol. The van der Waals surface area contributed by atoms with E-state index in [0.29, 0.717) is 122 Å². The largest absolute Gasteiger partial charge is 1.00 e. The second-order valence-electron chi connectivity index (χ2n) is 43.6. The number of anilines is 3. The van der Waals surface area contributed by atoms with Gasteiger partial charge in [0.25, 0.3) is 0 Å². The minimum atomic E-state index is -5.94. The van der Waals surface area contributed by atoms with Crippen molar-refractivity contribution in [2.24, 2.45) is 71.0 Å². The number of carbonyl (C=O) groups excluding carboxylic acids is 11. The molecule has 12 saturated heterocycles. The number of fused-ring (bicyclic) bond motifs is 9. The van der Waals surface area contributed by atoms with Crippen molar-refractivity contribution in [1.82, 2.24) is 64.5 Å². The van der Waals surface area contributed by atoms with Crippen LogP contribution in [0.15, 0.2) is 36.8 Å². The molecule has 0 spiro atoms. The van der Waals surface area contributed by atoms with E-state index in [-0.39, 0.29) is 142 Å². The summed E-state index contributed by atoms with van der Waals surface area (Å²) in [5, 5.41) is 22.1. The van der Waals surface area contributed by atoms with E-state index >= 15 is 0 Å². The minimum Gasteiger partial charge on any atom is -0.444 e. The van der Waals surface area contributed by atoms with E-state index in [1.807, 2.05) is 113 Å². The maximum Gasteiger partial charge on any atom is 1.00 e. The van der Waals surface area contributed by atoms with Gasteiger partial charge in [-0.05, 0) is 186 Å². The second kappa shape index (κ2) is 49.1. The monoisotopic (exact) mass is 2270 g/mol. The molecule has 3 aromatic heterocycles. The maximum atomic E-state index is 13.4. The number of hydrogen-bond acceptors (Lipinski definition) is 32. The number of carbonyl (C=O) groups is 11. The molecule has 44 nitrogen and oxygen atoms in total. The van der Waals surface area contributed by atoms with Crippen LogP contribution in [0.3, 0.4) is 0 Å². The number of halogens is 4. The summed E-state index contributed by atoms with van der Waals surface area (Å²) < 4.78 is 122. The maximum absolute atomic E-state index is 13.4. The fourth-order valence-corrected chi connectivity index (χ4v) is 18.9. The van der Waals surface area contributed by atoms with Gasteiger partial charge in [0.15, 0.2) is 0 Å². The number of nitrogens with one attached hydrogen (secondary N) is 3. The summed E-state index contributed by atoms with van der Waals surface area (Å²) in [7, 11) is 0. The summed E-state index contributed by atoms with van der Waals surface area (Å²) in [6.07, 6.45) is 1.88. The number of likely N-dealkylation sites (tertiary alicyclic amines) is 2. The molecular weight excluding hydrogens is 2130 g/mol. The first kappa shape index (κ1) is 117. The normalized spacial score (nSPS) is 26.2. The topological polar surface area (TPSA) is 512 Å². The molecule has 1 aromatic carbocycles. The number of aromatic nitrogens is 6. The molecule has 19 rings (SSSR count). The van der Waals surface area contributed by atoms with Gasteiger partial charge in [0.1, 0.15) is 59.5 Å². The van der Waals surface area contributed by atoms with Crippen molar-refractivity contribution < 1.29 is 182 Å². The molecule has 49 heteroatoms. The Kier molecular flexibility index (Phi) is 40.3. The van der Waals surface area contributed by atoms with Crippen LogP contribution >= 0.6 is 34.2 Å². The zero-order chi connectivity index (χ0) is 105. The van der Waals surface area contributed by atoms with Crippen LogP contribution in [0.25, 0.3) is 0 Å². The summed E-state index contributed by atoms with van der Waals surface area (Å²) in [6.45, 7) is 56.0. The smallest absolute Gasteiger partial charge is 0.444 e. The van der Waals surface area contributed by atoms with Crippen LogP contribution in [-0.4, -0.2) is 304 Å². The average molecular weight is 2270 g/mol. The van der Waals surface area contributed by atoms with Crippen LogP contribution in [0.2, 0.25) is 5.02 Å². The van der Waals surface area contributed by atoms with Crippen LogP contribution < -0.4 is 89.1 Å². The molecule has 18 heterocycles. The summed E-state index contributed by atoms with van der Waals surface area (Å²) in [6, 6.07) is 3.71. The minimum absolute atomic E-state index is 0. The first-order valence-corrected chi connectivity index (χ1v) is 52.8. The molecule has 3 N–H and O–H groups in total. The molecule has 10 amide bonds. The van der Waals surface area contributed by atoms with E-state index in [9.17, 15) is 57.1 Å². The van der Waals surface area contributed by atoms with E-state index in [2.05, 4.69) is 58.6 Å². The molecule has 792 valence electrons. The molecular formula is C94H139ClFI2N16NaO28. The van der Waals surface area contributed by atoms with Gasteiger partial charge in [-0.1, -0.05) is 11.6 Å². The van der Waals surface area contributed by atoms with Gasteiger partial charge in [0, 0.05) is 105 Å². The molecule has 143 heavy (non-hydrogen) atoms. The second-order valence-corrected chi connectivity index (χ2v) is 47.4. The van der Waals surface area contributed by atoms with Gasteiger partial charge < -0.3 is 97.1 Å². The first-order valence-electron chi connectivity index (χ1n) is 47.8. The van der Waals surface area contributed by atoms with Gasteiger partial charge in [0.05, 0.1) is 216 Å². The Bertz CT molecular complexity index is 5040. The first-order chi connectivity index (χ1) is 66.1. The molecule has 15 aliphatic rings. The van der Waals surface area contributed by atoms with Crippen LogP contribution in [-0.2, 0) is 120 Å². The molecule has 4 aromatic rings. The van der Waals surface area contributed by atoms with Crippen molar-refractivity contribution in [3.05, 3.63) is 68.3 Å². The molecule has 12 unspecified atom stereocenters. The third-order valence-electron chi connectivity index (χ3n) is 25.2. The summed E-state index contributed by atoms with van der Waals surface area (Å²) in [5.41, 5.74) is 1.43. The fourth-order valence-electron chi connectivity index (χ4n) is 18.2. The number of nitrogens with zero attached hydrogens (tertiary/aromatic N) is 13. The number of imide groups is 1. The molecule has 0 saturated carbocycles. The van der Waals surface area contributed by atoms with E-state index in [1.165, 1.54) is 36.2 Å². The van der Waals surface area contributed by atoms with Crippen molar-refractivity contribution >= 4 is 118 Å². The SMILES string of the molecule is C1NCC2COCC12.CC(C)(C)OC(=O)N1CC2COCC2C1.CC(C)(C)OC(=O)N1CC2COCC2C1=O.CC(C)(C)OC(=O)OC(=O)OC(C)(C)C.C[C@H]1Cn2ncc(I)c2CN1C(=O)OC(C)(C)C.C[C@H]1Cn2ncc(N3CC4COCC4C3=O)c2CN1C(=O)Nc1ccc(F)c(Cl)c1.C[C@H]1Cn2ncc(N3CC4COCC4C3=O)c2CN1C(=O)OC(C)(C)C.O=C1NCC2COCC12.[Na+].[O-][I+3]([O-])([O-])[O-]. The van der Waals surface area contributed by atoms with Crippen molar-refractivity contribution in [1.29, 1.82) is 0 Å². The summed E-state index contributed by atoms with van der Waals surface area (Å²) >= 11 is 2.12. The molecule has 15 aliphatic heterocycles. The number of ether oxygens (including phenoxy) is 13. The van der Waals surface area contributed by atoms with E-state index < -0.39 is 77.9 Å². The van der Waals surface area contributed by atoms with Crippen LogP contribution in [0.1, 0.15) is 162 Å². The Morgan fingerprint density at radius 1 is 0.441 bits per heavy atom. The van der Waals surface area contributed by atoms with E-state index in [0.717, 1.165) is 103 Å². The number of amides is 10. The Balaban J connectivity index is 0.000000171. The van der Waals surface area contributed by atoms with Gasteiger partial charge in [-0.3, -0.25) is 56.8 Å². The number of rotatable bonds is 3. The molecule has 15 atom stereocenters. The van der Waals surface area contributed by atoms with Gasteiger partial charge in [-0.25, -0.2) is 42.9 Å². The van der Waals surface area contributed by atoms with Crippen molar-refractivity contribution in [3.8, 4) is 0 Å². The fraction of sp³-hybridized carbons (Fsp3) is 0.723. The van der Waals surface area contributed by atoms with Crippen LogP contribution in [0.5, 0.6) is 0 Å². The molecule has 0 radical (unpaired) electrons. The van der Waals surface area contributed by atoms with Crippen LogP contribution in [0.4, 0.5) is 55.0 Å². The summed E-state index contributed by atoms with van der Waals surface area (Å²) in [4.78, 5) is 143. The number of hydrogen-bond donors (Lipinski definition) is 3. The van der Waals surface area contributed by atoms with Crippen LogP contribution in [0, 0.1) is 80.4 Å². The van der Waals surface area contributed by atoms with Crippen molar-refractivity contribution in [2.45, 2.75) is 236 Å². The molecule has 12 fully saturated rings. The van der Waals surface area contributed by atoms with Crippen molar-refractivity contribution in [3.63, 3.8) is 0 Å². The third-order valence-corrected chi connectivity index (χ3v) is 26.3. The van der Waals surface area contributed by atoms with E-state index in [1.54, 1.807) is 94.3 Å². The number of benzene rings is 1. The quantitative estimate of drug-likeness (QED) is 0.0842. The van der Waals surface area contributed by atoms with Gasteiger partial charge >= 0.3 is 72.3 Å². The zero-order valence-corrected chi connectivity index (χ0v) is 92.8. The van der Waals surface area contributed by atoms with Gasteiger partial charge in [0.2, 0.25) is 23.6 Å². The summed E-state index contributed by atoms with van der Waals surface area (Å²) in [5.74, 6) is 3.35. The Morgan fingerprint density at radius 3 is 1.22 bits per heavy atom. The predicted octanol–water partition coefficient (Wildman–Crippen LogP) is 0.862. The standard InChI is InChI=1S/C20H21ClFN5O3.C18H26N4O4.C12H18IN3O2.C11H17NO4.C11H19NO3.C10H18O5.C6H9NO2.C6H11NO.IO4.Na/c1-11-6-27-18(8-25(11)20(29)24-13-2-3-16(22)15(21)4-13)17(5-23-27)26-7-12-9-30-10-14(12)19(26)28;1-11-6-22-15(8-20(11)17(24)26-18(2,3)4)14(5-19-22)21-7-12-9-25-10-13(12)16(21)23;1-8-6-16-10(9(13)5-14-16)7-15(8)11(17)18-12(2,3)4;1-11(2,3)16-10(14)12-4-7-5-15-6-8(7)9(12)13;1-11(2,3)15-10(13)12-4-8-6-14-7-9(8)5-12;1-9(2,3)14-7(11)13-8(12)15-10(4,5)6;8-6-5-3-9-2-4(5)1-7-6;1-5-3-8-4-6(5)2-7-1;2-1(3,4)5;/h2-5,11-12,14H,6-10H2,1H3,(H,24,29);5,11-13H,6-10H2,1-4H3;5,8H,6-7H2,1-4H3;7-8H,4-6H2,1-3H3;8-9H,4-7H2,1-3H3;1-6H3;4-5H,1-3H2,(H,7,8);5-7H,1-4H2;;/q;;;;;;;;-1;+1/t11-,12?,14?;11-,12?,13?;8-;;;;;;;/m000......./s1. The average Bonchev–Trinajstić information content (AvgIpc) is 1.61. The van der Waals surface area contributed by atoms with Gasteiger partial charge in [-0.2, -0.15) is 15.3 Å².